The Hall–Kier alpha value is -1.52. The predicted molar refractivity (Wildman–Crippen MR) is 62.3 cm³/mol. The van der Waals surface area contributed by atoms with Gasteiger partial charge < -0.3 is 18.6 Å². The van der Waals surface area contributed by atoms with Crippen LogP contribution in [0.3, 0.4) is 0 Å². The molecule has 1 fully saturated rings. The molecule has 0 bridgehead atoms. The van der Waals surface area contributed by atoms with Crippen LogP contribution in [0.25, 0.3) is 11.0 Å². The van der Waals surface area contributed by atoms with E-state index >= 15 is 0 Å². The lowest BCUT2D eigenvalue weighted by molar-refractivity contribution is -0.0971. The molecule has 1 aliphatic heterocycles. The Kier molecular flexibility index (Phi) is 2.74. The third kappa shape index (κ3) is 1.90. The van der Waals surface area contributed by atoms with Crippen LogP contribution in [0.4, 0.5) is 0 Å². The molecular formula is C13H14O4. The van der Waals surface area contributed by atoms with E-state index < -0.39 is 0 Å². The molecule has 90 valence electrons. The zero-order valence-electron chi connectivity index (χ0n) is 9.64. The lowest BCUT2D eigenvalue weighted by Gasteiger charge is -2.20. The molecule has 1 aromatic carbocycles. The van der Waals surface area contributed by atoms with E-state index in [4.69, 9.17) is 18.6 Å². The Labute approximate surface area is 99.1 Å². The van der Waals surface area contributed by atoms with Crippen LogP contribution < -0.4 is 4.74 Å². The van der Waals surface area contributed by atoms with Gasteiger partial charge in [-0.1, -0.05) is 6.07 Å². The van der Waals surface area contributed by atoms with Crippen LogP contribution in [0.1, 0.15) is 11.9 Å². The molecule has 4 nitrogen and oxygen atoms in total. The van der Waals surface area contributed by atoms with Crippen molar-refractivity contribution < 1.29 is 18.6 Å². The third-order valence-corrected chi connectivity index (χ3v) is 2.89. The average Bonchev–Trinajstić information content (AvgIpc) is 2.83. The maximum atomic E-state index is 5.76. The van der Waals surface area contributed by atoms with Crippen LogP contribution in [-0.2, 0) is 9.47 Å². The van der Waals surface area contributed by atoms with Gasteiger partial charge in [0.15, 0.2) is 0 Å². The van der Waals surface area contributed by atoms with Crippen LogP contribution in [0, 0.1) is 0 Å². The van der Waals surface area contributed by atoms with Crippen molar-refractivity contribution in [2.24, 2.45) is 0 Å². The largest absolute Gasteiger partial charge is 0.496 e. The molecule has 1 atom stereocenters. The van der Waals surface area contributed by atoms with Crippen molar-refractivity contribution in [3.05, 3.63) is 30.0 Å². The molecular weight excluding hydrogens is 220 g/mol. The molecule has 1 unspecified atom stereocenters. The van der Waals surface area contributed by atoms with Gasteiger partial charge in [0, 0.05) is 0 Å². The van der Waals surface area contributed by atoms with E-state index in [0.29, 0.717) is 19.8 Å². The Bertz CT molecular complexity index is 511. The zero-order valence-corrected chi connectivity index (χ0v) is 9.64. The van der Waals surface area contributed by atoms with Gasteiger partial charge in [-0.15, -0.1) is 0 Å². The second-order valence-electron chi connectivity index (χ2n) is 3.96. The summed E-state index contributed by atoms with van der Waals surface area (Å²) in [5.41, 5.74) is 0.813. The fourth-order valence-corrected chi connectivity index (χ4v) is 2.04. The van der Waals surface area contributed by atoms with Crippen molar-refractivity contribution in [2.75, 3.05) is 26.9 Å². The second kappa shape index (κ2) is 4.39. The molecule has 0 N–H and O–H groups in total. The number of benzene rings is 1. The van der Waals surface area contributed by atoms with E-state index in [2.05, 4.69) is 0 Å². The van der Waals surface area contributed by atoms with E-state index in [1.165, 1.54) is 0 Å². The van der Waals surface area contributed by atoms with Gasteiger partial charge in [0.2, 0.25) is 0 Å². The summed E-state index contributed by atoms with van der Waals surface area (Å²) in [6, 6.07) is 7.71. The van der Waals surface area contributed by atoms with Crippen LogP contribution in [0.2, 0.25) is 0 Å². The molecule has 1 aliphatic rings. The summed E-state index contributed by atoms with van der Waals surface area (Å²) in [4.78, 5) is 0. The van der Waals surface area contributed by atoms with Gasteiger partial charge in [0.05, 0.1) is 32.3 Å². The highest BCUT2D eigenvalue weighted by Gasteiger charge is 2.21. The number of hydrogen-bond donors (Lipinski definition) is 0. The Morgan fingerprint density at radius 3 is 3.00 bits per heavy atom. The molecule has 0 radical (unpaired) electrons. The summed E-state index contributed by atoms with van der Waals surface area (Å²) in [5, 5.41) is 0.971. The summed E-state index contributed by atoms with van der Waals surface area (Å²) in [6.07, 6.45) is -0.110. The number of methoxy groups -OCH3 is 1. The summed E-state index contributed by atoms with van der Waals surface area (Å²) < 4.78 is 22.0. The van der Waals surface area contributed by atoms with E-state index in [1.807, 2.05) is 24.3 Å². The minimum absolute atomic E-state index is 0.110. The molecule has 0 saturated carbocycles. The van der Waals surface area contributed by atoms with Gasteiger partial charge in [-0.2, -0.15) is 0 Å². The molecule has 0 aliphatic carbocycles. The molecule has 1 saturated heterocycles. The smallest absolute Gasteiger partial charge is 0.138 e. The molecule has 1 aromatic heterocycles. The van der Waals surface area contributed by atoms with E-state index in [-0.39, 0.29) is 6.10 Å². The first-order valence-corrected chi connectivity index (χ1v) is 5.64. The quantitative estimate of drug-likeness (QED) is 0.800. The standard InChI is InChI=1S/C13H14O4/c1-14-10-3-2-4-11-9(10)7-12(17-11)13-8-15-5-6-16-13/h2-4,7,13H,5-6,8H2,1H3. The Morgan fingerprint density at radius 1 is 1.29 bits per heavy atom. The molecule has 17 heavy (non-hydrogen) atoms. The van der Waals surface area contributed by atoms with Gasteiger partial charge in [0.1, 0.15) is 23.2 Å². The number of ether oxygens (including phenoxy) is 3. The minimum Gasteiger partial charge on any atom is -0.496 e. The highest BCUT2D eigenvalue weighted by Crippen LogP contribution is 2.32. The monoisotopic (exact) mass is 234 g/mol. The topological polar surface area (TPSA) is 40.8 Å². The van der Waals surface area contributed by atoms with E-state index in [0.717, 1.165) is 22.5 Å². The van der Waals surface area contributed by atoms with Crippen molar-refractivity contribution >= 4 is 11.0 Å². The van der Waals surface area contributed by atoms with Gasteiger partial charge in [0.25, 0.3) is 0 Å². The number of fused-ring (bicyclic) bond motifs is 1. The number of hydrogen-bond acceptors (Lipinski definition) is 4. The number of furan rings is 1. The maximum Gasteiger partial charge on any atom is 0.138 e. The second-order valence-corrected chi connectivity index (χ2v) is 3.96. The van der Waals surface area contributed by atoms with Crippen molar-refractivity contribution in [1.82, 2.24) is 0 Å². The first kappa shape index (κ1) is 10.6. The summed E-state index contributed by atoms with van der Waals surface area (Å²) in [5.74, 6) is 1.61. The van der Waals surface area contributed by atoms with Gasteiger partial charge in [-0.25, -0.2) is 0 Å². The Balaban J connectivity index is 2.00. The lowest BCUT2D eigenvalue weighted by atomic mass is 10.2. The Morgan fingerprint density at radius 2 is 2.24 bits per heavy atom. The summed E-state index contributed by atoms with van der Waals surface area (Å²) in [7, 11) is 1.65. The third-order valence-electron chi connectivity index (χ3n) is 2.89. The van der Waals surface area contributed by atoms with E-state index in [1.54, 1.807) is 7.11 Å². The van der Waals surface area contributed by atoms with Gasteiger partial charge in [-0.3, -0.25) is 0 Å². The fraction of sp³-hybridized carbons (Fsp3) is 0.385. The molecule has 3 rings (SSSR count). The van der Waals surface area contributed by atoms with Crippen molar-refractivity contribution in [3.63, 3.8) is 0 Å². The van der Waals surface area contributed by atoms with Crippen LogP contribution >= 0.6 is 0 Å². The summed E-state index contributed by atoms with van der Waals surface area (Å²) in [6.45, 7) is 1.81. The fourth-order valence-electron chi connectivity index (χ4n) is 2.04. The van der Waals surface area contributed by atoms with Gasteiger partial charge >= 0.3 is 0 Å². The molecule has 2 aromatic rings. The highest BCUT2D eigenvalue weighted by atomic mass is 16.6. The molecule has 2 heterocycles. The van der Waals surface area contributed by atoms with Crippen LogP contribution in [0.15, 0.2) is 28.7 Å². The normalized spacial score (nSPS) is 20.6. The van der Waals surface area contributed by atoms with Crippen molar-refractivity contribution in [1.29, 1.82) is 0 Å². The van der Waals surface area contributed by atoms with Gasteiger partial charge in [-0.05, 0) is 18.2 Å². The lowest BCUT2D eigenvalue weighted by Crippen LogP contribution is -2.21. The van der Waals surface area contributed by atoms with Crippen LogP contribution in [0.5, 0.6) is 5.75 Å². The maximum absolute atomic E-state index is 5.76. The van der Waals surface area contributed by atoms with E-state index in [9.17, 15) is 0 Å². The highest BCUT2D eigenvalue weighted by molar-refractivity contribution is 5.84. The molecule has 0 amide bonds. The molecule has 4 heteroatoms. The summed E-state index contributed by atoms with van der Waals surface area (Å²) >= 11 is 0. The van der Waals surface area contributed by atoms with Crippen molar-refractivity contribution in [3.8, 4) is 5.75 Å². The van der Waals surface area contributed by atoms with Crippen molar-refractivity contribution in [2.45, 2.75) is 6.10 Å². The molecule has 0 spiro atoms. The minimum atomic E-state index is -0.110. The average molecular weight is 234 g/mol. The zero-order chi connectivity index (χ0) is 11.7. The SMILES string of the molecule is COc1cccc2oc(C3COCCO3)cc12. The van der Waals surface area contributed by atoms with Crippen LogP contribution in [-0.4, -0.2) is 26.9 Å². The number of rotatable bonds is 2. The first-order chi connectivity index (χ1) is 8.38. The predicted octanol–water partition coefficient (Wildman–Crippen LogP) is 2.53. The first-order valence-electron chi connectivity index (χ1n) is 5.64.